The summed E-state index contributed by atoms with van der Waals surface area (Å²) in [6.07, 6.45) is 1.48. The molecular formula is C28H27F3N3O6S2-. The Labute approximate surface area is 245 Å². The van der Waals surface area contributed by atoms with Crippen LogP contribution in [-0.2, 0) is 15.9 Å². The van der Waals surface area contributed by atoms with Crippen LogP contribution in [-0.4, -0.2) is 56.1 Å². The molecule has 0 aliphatic heterocycles. The third-order valence-corrected chi connectivity index (χ3v) is 7.93. The number of methoxy groups -OCH3 is 2. The minimum absolute atomic E-state index is 0.112. The van der Waals surface area contributed by atoms with E-state index < -0.39 is 33.3 Å². The summed E-state index contributed by atoms with van der Waals surface area (Å²) in [5.74, 6) is -1.42. The molecule has 0 unspecified atom stereocenters. The molecule has 42 heavy (non-hydrogen) atoms. The van der Waals surface area contributed by atoms with Gasteiger partial charge in [0.25, 0.3) is 0 Å². The van der Waals surface area contributed by atoms with Gasteiger partial charge in [0.05, 0.1) is 37.1 Å². The first-order chi connectivity index (χ1) is 20.0. The molecule has 0 radical (unpaired) electrons. The summed E-state index contributed by atoms with van der Waals surface area (Å²) in [5, 5.41) is 0.391. The van der Waals surface area contributed by atoms with Crippen molar-refractivity contribution in [2.24, 2.45) is 0 Å². The zero-order valence-corrected chi connectivity index (χ0v) is 24.5. The van der Waals surface area contributed by atoms with E-state index in [1.54, 1.807) is 42.1 Å². The van der Waals surface area contributed by atoms with Crippen LogP contribution in [0.5, 0.6) is 17.2 Å². The van der Waals surface area contributed by atoms with Gasteiger partial charge in [-0.25, -0.2) is 26.6 Å². The first-order valence-corrected chi connectivity index (χ1v) is 15.0. The lowest BCUT2D eigenvalue weighted by Gasteiger charge is -2.23. The number of rotatable bonds is 13. The minimum atomic E-state index is -4.41. The van der Waals surface area contributed by atoms with E-state index in [0.717, 1.165) is 29.6 Å². The fraction of sp³-hybridized carbons (Fsp3) is 0.250. The third-order valence-electron chi connectivity index (χ3n) is 6.16. The molecule has 224 valence electrons. The molecule has 9 nitrogen and oxygen atoms in total. The fourth-order valence-electron chi connectivity index (χ4n) is 4.03. The Balaban J connectivity index is 1.60. The van der Waals surface area contributed by atoms with E-state index in [1.807, 2.05) is 11.0 Å². The highest BCUT2D eigenvalue weighted by Crippen LogP contribution is 2.37. The van der Waals surface area contributed by atoms with Crippen LogP contribution in [0.3, 0.4) is 0 Å². The van der Waals surface area contributed by atoms with Crippen molar-refractivity contribution in [1.29, 1.82) is 0 Å². The van der Waals surface area contributed by atoms with Gasteiger partial charge in [-0.15, -0.1) is 0 Å². The monoisotopic (exact) mass is 622 g/mol. The number of hydrogen-bond acceptors (Lipinski definition) is 9. The molecular weight excluding hydrogens is 595 g/mol. The topological polar surface area (TPSA) is 106 Å². The summed E-state index contributed by atoms with van der Waals surface area (Å²) >= 11 is 1.07. The van der Waals surface area contributed by atoms with Crippen molar-refractivity contribution in [3.05, 3.63) is 83.8 Å². The largest absolute Gasteiger partial charge is 0.748 e. The Kier molecular flexibility index (Phi) is 9.91. The molecule has 0 spiro atoms. The lowest BCUT2D eigenvalue weighted by molar-refractivity contribution is 0.312. The zero-order valence-electron chi connectivity index (χ0n) is 22.8. The SMILES string of the molecule is COc1ccc(N(C)c2cnc(SCc3c(F)cc(OCCCS(=O)(=O)[O-])cc3F)n2-c2ccc(F)cc2)cc1OC. The van der Waals surface area contributed by atoms with E-state index in [4.69, 9.17) is 14.2 Å². The summed E-state index contributed by atoms with van der Waals surface area (Å²) in [6, 6.07) is 13.1. The summed E-state index contributed by atoms with van der Waals surface area (Å²) < 4.78 is 93.3. The van der Waals surface area contributed by atoms with Crippen LogP contribution in [0.2, 0.25) is 0 Å². The summed E-state index contributed by atoms with van der Waals surface area (Å²) in [6.45, 7) is -0.195. The molecule has 0 aliphatic carbocycles. The first-order valence-electron chi connectivity index (χ1n) is 12.5. The van der Waals surface area contributed by atoms with Gasteiger partial charge in [-0.2, -0.15) is 0 Å². The lowest BCUT2D eigenvalue weighted by atomic mass is 10.2. The molecule has 0 saturated carbocycles. The van der Waals surface area contributed by atoms with Gasteiger partial charge in [0.15, 0.2) is 16.7 Å². The number of imidazole rings is 1. The molecule has 4 rings (SSSR count). The highest BCUT2D eigenvalue weighted by molar-refractivity contribution is 7.98. The van der Waals surface area contributed by atoms with E-state index in [2.05, 4.69) is 4.98 Å². The molecule has 0 fully saturated rings. The third kappa shape index (κ3) is 7.49. The van der Waals surface area contributed by atoms with Crippen molar-refractivity contribution in [3.63, 3.8) is 0 Å². The van der Waals surface area contributed by atoms with Crippen molar-refractivity contribution < 1.29 is 40.4 Å². The van der Waals surface area contributed by atoms with Gasteiger partial charge in [-0.1, -0.05) is 11.8 Å². The number of thioether (sulfide) groups is 1. The molecule has 0 atom stereocenters. The Morgan fingerprint density at radius 3 is 2.26 bits per heavy atom. The second-order valence-electron chi connectivity index (χ2n) is 8.93. The smallest absolute Gasteiger partial charge is 0.174 e. The first kappa shape index (κ1) is 31.1. The number of hydrogen-bond donors (Lipinski definition) is 0. The van der Waals surface area contributed by atoms with Gasteiger partial charge in [0.1, 0.15) is 29.0 Å². The molecule has 0 N–H and O–H groups in total. The standard InChI is InChI=1S/C28H28F3N3O6S2/c1-33(20-9-10-25(38-2)26(13-20)39-3)27-16-32-28(34(27)19-7-5-18(29)6-8-19)41-17-22-23(30)14-21(15-24(22)31)40-11-4-12-42(35,36)37/h5-10,13-16H,4,11-12,17H2,1-3H3,(H,35,36,37)/p-1. The number of nitrogens with zero attached hydrogens (tertiary/aromatic N) is 3. The van der Waals surface area contributed by atoms with Gasteiger partial charge in [0, 0.05) is 53.7 Å². The highest BCUT2D eigenvalue weighted by atomic mass is 32.2. The van der Waals surface area contributed by atoms with E-state index in [0.29, 0.717) is 28.2 Å². The van der Waals surface area contributed by atoms with Gasteiger partial charge in [0.2, 0.25) is 0 Å². The highest BCUT2D eigenvalue weighted by Gasteiger charge is 2.20. The second-order valence-corrected chi connectivity index (χ2v) is 11.4. The van der Waals surface area contributed by atoms with Crippen LogP contribution >= 0.6 is 11.8 Å². The van der Waals surface area contributed by atoms with Crippen LogP contribution < -0.4 is 19.1 Å². The Hall–Kier alpha value is -3.88. The molecule has 14 heteroatoms. The molecule has 4 aromatic rings. The van der Waals surface area contributed by atoms with Gasteiger partial charge >= 0.3 is 0 Å². The molecule has 0 saturated heterocycles. The Morgan fingerprint density at radius 1 is 0.976 bits per heavy atom. The van der Waals surface area contributed by atoms with Crippen molar-refractivity contribution in [1.82, 2.24) is 9.55 Å². The average Bonchev–Trinajstić information content (AvgIpc) is 3.37. The molecule has 0 bridgehead atoms. The molecule has 1 heterocycles. The van der Waals surface area contributed by atoms with E-state index in [-0.39, 0.29) is 30.1 Å². The molecule has 3 aromatic carbocycles. The molecule has 0 amide bonds. The van der Waals surface area contributed by atoms with E-state index >= 15 is 0 Å². The average molecular weight is 623 g/mol. The number of halogens is 3. The van der Waals surface area contributed by atoms with Crippen LogP contribution in [0, 0.1) is 17.5 Å². The van der Waals surface area contributed by atoms with Crippen LogP contribution in [0.4, 0.5) is 24.7 Å². The maximum absolute atomic E-state index is 14.9. The number of aromatic nitrogens is 2. The maximum atomic E-state index is 14.9. The van der Waals surface area contributed by atoms with Gasteiger partial charge in [-0.05, 0) is 42.8 Å². The van der Waals surface area contributed by atoms with Crippen LogP contribution in [0.25, 0.3) is 5.69 Å². The Morgan fingerprint density at radius 2 is 1.64 bits per heavy atom. The summed E-state index contributed by atoms with van der Waals surface area (Å²) in [4.78, 5) is 6.32. The van der Waals surface area contributed by atoms with E-state index in [9.17, 15) is 26.1 Å². The van der Waals surface area contributed by atoms with Crippen molar-refractivity contribution in [2.45, 2.75) is 17.3 Å². The number of anilines is 2. The number of ether oxygens (including phenoxy) is 3. The normalized spacial score (nSPS) is 11.4. The number of benzene rings is 3. The van der Waals surface area contributed by atoms with E-state index in [1.165, 1.54) is 26.4 Å². The molecule has 1 aromatic heterocycles. The van der Waals surface area contributed by atoms with Crippen LogP contribution in [0.15, 0.2) is 66.0 Å². The second kappa shape index (κ2) is 13.4. The van der Waals surface area contributed by atoms with Crippen molar-refractivity contribution in [2.75, 3.05) is 38.5 Å². The summed E-state index contributed by atoms with van der Waals surface area (Å²) in [7, 11) is 0.454. The van der Waals surface area contributed by atoms with Crippen LogP contribution in [0.1, 0.15) is 12.0 Å². The zero-order chi connectivity index (χ0) is 30.4. The van der Waals surface area contributed by atoms with Gasteiger partial charge < -0.3 is 23.7 Å². The predicted octanol–water partition coefficient (Wildman–Crippen LogP) is 5.68. The Bertz CT molecular complexity index is 1630. The summed E-state index contributed by atoms with van der Waals surface area (Å²) in [5.41, 5.74) is 1.08. The quantitative estimate of drug-likeness (QED) is 0.106. The van der Waals surface area contributed by atoms with Crippen molar-refractivity contribution in [3.8, 4) is 22.9 Å². The maximum Gasteiger partial charge on any atom is 0.174 e. The lowest BCUT2D eigenvalue weighted by Crippen LogP contribution is -2.14. The fourth-order valence-corrected chi connectivity index (χ4v) is 5.50. The predicted molar refractivity (Wildman–Crippen MR) is 152 cm³/mol. The van der Waals surface area contributed by atoms with Gasteiger partial charge in [-0.3, -0.25) is 4.57 Å². The molecule has 0 aliphatic rings. The van der Waals surface area contributed by atoms with Crippen molar-refractivity contribution >= 4 is 33.4 Å². The minimum Gasteiger partial charge on any atom is -0.748 e.